The van der Waals surface area contributed by atoms with Crippen molar-refractivity contribution in [2.24, 2.45) is 0 Å². The Morgan fingerprint density at radius 3 is 2.62 bits per heavy atom. The quantitative estimate of drug-likeness (QED) is 0.708. The summed E-state index contributed by atoms with van der Waals surface area (Å²) in [6.07, 6.45) is 1.39. The molecule has 2 aromatic carbocycles. The van der Waals surface area contributed by atoms with Gasteiger partial charge in [-0.05, 0) is 29.8 Å². The van der Waals surface area contributed by atoms with Gasteiger partial charge in [0.2, 0.25) is 5.91 Å². The molecule has 0 saturated heterocycles. The van der Waals surface area contributed by atoms with Gasteiger partial charge in [0.1, 0.15) is 11.9 Å². The van der Waals surface area contributed by atoms with E-state index in [9.17, 15) is 19.1 Å². The van der Waals surface area contributed by atoms with Gasteiger partial charge in [-0.15, -0.1) is 0 Å². The normalized spacial score (nSPS) is 11.9. The van der Waals surface area contributed by atoms with Crippen molar-refractivity contribution in [1.29, 1.82) is 0 Å². The fourth-order valence-electron chi connectivity index (χ4n) is 2.58. The minimum Gasteiger partial charge on any atom is -0.480 e. The van der Waals surface area contributed by atoms with Crippen molar-refractivity contribution in [3.63, 3.8) is 0 Å². The van der Waals surface area contributed by atoms with Crippen LogP contribution in [0.2, 0.25) is 0 Å². The Morgan fingerprint density at radius 2 is 1.88 bits per heavy atom. The van der Waals surface area contributed by atoms with Crippen molar-refractivity contribution in [3.05, 3.63) is 71.8 Å². The SMILES string of the molecule is O=C(Cc1cccc(F)c1)N[C@H](Cc1cnc2ccccc2n1)C(=O)O. The van der Waals surface area contributed by atoms with E-state index in [1.165, 1.54) is 24.4 Å². The molecule has 0 radical (unpaired) electrons. The summed E-state index contributed by atoms with van der Waals surface area (Å²) in [5, 5.41) is 11.8. The van der Waals surface area contributed by atoms with Crippen LogP contribution in [-0.2, 0) is 22.4 Å². The highest BCUT2D eigenvalue weighted by atomic mass is 19.1. The number of aromatic nitrogens is 2. The average Bonchev–Trinajstić information content (AvgIpc) is 2.61. The molecule has 0 unspecified atom stereocenters. The molecule has 1 aromatic heterocycles. The number of hydrogen-bond donors (Lipinski definition) is 2. The molecule has 1 heterocycles. The smallest absolute Gasteiger partial charge is 0.326 e. The minimum atomic E-state index is -1.17. The highest BCUT2D eigenvalue weighted by molar-refractivity contribution is 5.85. The molecule has 0 spiro atoms. The summed E-state index contributed by atoms with van der Waals surface area (Å²) in [5.74, 6) is -2.12. The molecule has 6 nitrogen and oxygen atoms in total. The van der Waals surface area contributed by atoms with Gasteiger partial charge in [-0.3, -0.25) is 9.78 Å². The van der Waals surface area contributed by atoms with Gasteiger partial charge in [0.15, 0.2) is 0 Å². The van der Waals surface area contributed by atoms with Crippen molar-refractivity contribution in [3.8, 4) is 0 Å². The van der Waals surface area contributed by atoms with Crippen LogP contribution in [0.3, 0.4) is 0 Å². The van der Waals surface area contributed by atoms with E-state index in [4.69, 9.17) is 0 Å². The largest absolute Gasteiger partial charge is 0.480 e. The van der Waals surface area contributed by atoms with Crippen LogP contribution in [0.15, 0.2) is 54.7 Å². The van der Waals surface area contributed by atoms with Crippen LogP contribution in [0.25, 0.3) is 11.0 Å². The fourth-order valence-corrected chi connectivity index (χ4v) is 2.58. The summed E-state index contributed by atoms with van der Waals surface area (Å²) in [4.78, 5) is 32.2. The Labute approximate surface area is 148 Å². The first kappa shape index (κ1) is 17.5. The molecule has 0 fully saturated rings. The Bertz CT molecular complexity index is 961. The number of carbonyl (C=O) groups is 2. The number of rotatable bonds is 6. The molecule has 26 heavy (non-hydrogen) atoms. The predicted molar refractivity (Wildman–Crippen MR) is 92.9 cm³/mol. The summed E-state index contributed by atoms with van der Waals surface area (Å²) in [7, 11) is 0. The van der Waals surface area contributed by atoms with Crippen LogP contribution in [0.4, 0.5) is 4.39 Å². The van der Waals surface area contributed by atoms with Crippen LogP contribution in [0.1, 0.15) is 11.3 Å². The maximum absolute atomic E-state index is 13.2. The van der Waals surface area contributed by atoms with Gasteiger partial charge < -0.3 is 10.4 Å². The van der Waals surface area contributed by atoms with Crippen molar-refractivity contribution in [1.82, 2.24) is 15.3 Å². The monoisotopic (exact) mass is 353 g/mol. The molecule has 7 heteroatoms. The third kappa shape index (κ3) is 4.38. The van der Waals surface area contributed by atoms with Crippen LogP contribution in [-0.4, -0.2) is 33.0 Å². The highest BCUT2D eigenvalue weighted by Crippen LogP contribution is 2.10. The lowest BCUT2D eigenvalue weighted by Gasteiger charge is -2.14. The average molecular weight is 353 g/mol. The minimum absolute atomic E-state index is 0.00204. The molecule has 0 aliphatic rings. The van der Waals surface area contributed by atoms with E-state index in [1.54, 1.807) is 12.1 Å². The molecule has 0 aliphatic heterocycles. The van der Waals surface area contributed by atoms with E-state index in [-0.39, 0.29) is 12.8 Å². The van der Waals surface area contributed by atoms with Crippen LogP contribution in [0.5, 0.6) is 0 Å². The lowest BCUT2D eigenvalue weighted by molar-refractivity contribution is -0.141. The standard InChI is InChI=1S/C19H16FN3O3/c20-13-5-3-4-12(8-13)9-18(24)23-17(19(25)26)10-14-11-21-15-6-1-2-7-16(15)22-14/h1-8,11,17H,9-10H2,(H,23,24)(H,25,26)/t17-/m1/s1. The lowest BCUT2D eigenvalue weighted by atomic mass is 10.1. The molecule has 3 aromatic rings. The summed E-state index contributed by atoms with van der Waals surface area (Å²) in [5.41, 5.74) is 2.29. The first-order valence-corrected chi connectivity index (χ1v) is 7.98. The number of nitrogens with one attached hydrogen (secondary N) is 1. The third-order valence-corrected chi connectivity index (χ3v) is 3.80. The second-order valence-corrected chi connectivity index (χ2v) is 5.82. The number of hydrogen-bond acceptors (Lipinski definition) is 4. The van der Waals surface area contributed by atoms with Gasteiger partial charge in [-0.1, -0.05) is 24.3 Å². The third-order valence-electron chi connectivity index (χ3n) is 3.80. The van der Waals surface area contributed by atoms with Gasteiger partial charge in [0, 0.05) is 12.6 Å². The van der Waals surface area contributed by atoms with E-state index < -0.39 is 23.7 Å². The van der Waals surface area contributed by atoms with Gasteiger partial charge >= 0.3 is 5.97 Å². The van der Waals surface area contributed by atoms with Gasteiger partial charge in [0.05, 0.1) is 23.1 Å². The van der Waals surface area contributed by atoms with E-state index in [0.717, 1.165) is 0 Å². The number of benzene rings is 2. The topological polar surface area (TPSA) is 92.2 Å². The molecule has 132 valence electrons. The zero-order valence-electron chi connectivity index (χ0n) is 13.7. The maximum atomic E-state index is 13.2. The lowest BCUT2D eigenvalue weighted by Crippen LogP contribution is -2.43. The van der Waals surface area contributed by atoms with Crippen LogP contribution < -0.4 is 5.32 Å². The number of nitrogens with zero attached hydrogens (tertiary/aromatic N) is 2. The van der Waals surface area contributed by atoms with E-state index >= 15 is 0 Å². The van der Waals surface area contributed by atoms with E-state index in [0.29, 0.717) is 22.3 Å². The summed E-state index contributed by atoms with van der Waals surface area (Å²) < 4.78 is 13.2. The van der Waals surface area contributed by atoms with Crippen LogP contribution >= 0.6 is 0 Å². The first-order chi connectivity index (χ1) is 12.5. The van der Waals surface area contributed by atoms with Crippen LogP contribution in [0, 0.1) is 5.82 Å². The molecule has 3 rings (SSSR count). The second kappa shape index (κ2) is 7.69. The molecule has 0 aliphatic carbocycles. The van der Waals surface area contributed by atoms with Crippen molar-refractivity contribution >= 4 is 22.9 Å². The van der Waals surface area contributed by atoms with Gasteiger partial charge in [-0.2, -0.15) is 0 Å². The molecule has 2 N–H and O–H groups in total. The zero-order chi connectivity index (χ0) is 18.5. The van der Waals surface area contributed by atoms with E-state index in [1.807, 2.05) is 18.2 Å². The predicted octanol–water partition coefficient (Wildman–Crippen LogP) is 2.12. The molecule has 0 saturated carbocycles. The number of carbonyl (C=O) groups excluding carboxylic acids is 1. The highest BCUT2D eigenvalue weighted by Gasteiger charge is 2.21. The second-order valence-electron chi connectivity index (χ2n) is 5.82. The first-order valence-electron chi connectivity index (χ1n) is 7.98. The number of fused-ring (bicyclic) bond motifs is 1. The Balaban J connectivity index is 1.70. The molecular weight excluding hydrogens is 337 g/mol. The number of amides is 1. The van der Waals surface area contributed by atoms with E-state index in [2.05, 4.69) is 15.3 Å². The number of aliphatic carboxylic acids is 1. The number of halogens is 1. The Hall–Kier alpha value is -3.35. The maximum Gasteiger partial charge on any atom is 0.326 e. The van der Waals surface area contributed by atoms with Crippen molar-refractivity contribution in [2.45, 2.75) is 18.9 Å². The van der Waals surface area contributed by atoms with Gasteiger partial charge in [0.25, 0.3) is 0 Å². The van der Waals surface area contributed by atoms with Crippen molar-refractivity contribution < 1.29 is 19.1 Å². The summed E-state index contributed by atoms with van der Waals surface area (Å²) in [6.45, 7) is 0. The molecular formula is C19H16FN3O3. The molecule has 0 bridgehead atoms. The number of carboxylic acids is 1. The molecule has 1 amide bonds. The fraction of sp³-hybridized carbons (Fsp3) is 0.158. The number of carboxylic acid groups (broad SMARTS) is 1. The number of para-hydroxylation sites is 2. The summed E-state index contributed by atoms with van der Waals surface area (Å²) >= 11 is 0. The molecule has 1 atom stereocenters. The Kier molecular flexibility index (Phi) is 5.17. The van der Waals surface area contributed by atoms with Crippen molar-refractivity contribution in [2.75, 3.05) is 0 Å². The van der Waals surface area contributed by atoms with Gasteiger partial charge in [-0.25, -0.2) is 14.2 Å². The summed E-state index contributed by atoms with van der Waals surface area (Å²) in [6, 6.07) is 11.7. The zero-order valence-corrected chi connectivity index (χ0v) is 13.7. The Morgan fingerprint density at radius 1 is 1.12 bits per heavy atom.